The summed E-state index contributed by atoms with van der Waals surface area (Å²) in [6, 6.07) is -0.809. The Kier molecular flexibility index (Phi) is 3.87. The Balaban J connectivity index is 1.85. The second-order valence-electron chi connectivity index (χ2n) is 6.07. The van der Waals surface area contributed by atoms with Crippen LogP contribution in [0.4, 0.5) is 4.79 Å². The zero-order chi connectivity index (χ0) is 14.9. The summed E-state index contributed by atoms with van der Waals surface area (Å²) in [5.74, 6) is -0.571. The van der Waals surface area contributed by atoms with Crippen molar-refractivity contribution in [3.63, 3.8) is 0 Å². The van der Waals surface area contributed by atoms with Gasteiger partial charge in [0.15, 0.2) is 0 Å². The maximum absolute atomic E-state index is 12.0. The molecule has 0 saturated carbocycles. The molecule has 0 aromatic heterocycles. The summed E-state index contributed by atoms with van der Waals surface area (Å²) in [5, 5.41) is 2.72. The van der Waals surface area contributed by atoms with Gasteiger partial charge in [-0.25, -0.2) is 4.79 Å². The second kappa shape index (κ2) is 5.30. The summed E-state index contributed by atoms with van der Waals surface area (Å²) in [4.78, 5) is 36.3. The van der Waals surface area contributed by atoms with Gasteiger partial charge >= 0.3 is 12.1 Å². The Morgan fingerprint density at radius 2 is 2.10 bits per heavy atom. The third-order valence-corrected chi connectivity index (χ3v) is 3.16. The molecule has 0 unspecified atom stereocenters. The van der Waals surface area contributed by atoms with Crippen LogP contribution in [0.2, 0.25) is 0 Å². The lowest BCUT2D eigenvalue weighted by Crippen LogP contribution is -2.60. The molecule has 2 aliphatic rings. The molecule has 2 rings (SSSR count). The molecule has 2 amide bonds. The molecule has 2 saturated heterocycles. The molecule has 2 aliphatic heterocycles. The summed E-state index contributed by atoms with van der Waals surface area (Å²) in [7, 11) is 0. The van der Waals surface area contributed by atoms with E-state index < -0.39 is 17.7 Å². The number of hydrogen-bond acceptors (Lipinski definition) is 5. The first kappa shape index (κ1) is 14.6. The molecule has 0 aromatic carbocycles. The summed E-state index contributed by atoms with van der Waals surface area (Å²) in [5.41, 5.74) is -0.584. The van der Waals surface area contributed by atoms with Gasteiger partial charge in [0.05, 0.1) is 12.5 Å². The van der Waals surface area contributed by atoms with E-state index in [0.717, 1.165) is 0 Å². The average Bonchev–Trinajstić information content (AvgIpc) is 2.58. The van der Waals surface area contributed by atoms with Gasteiger partial charge in [-0.05, 0) is 27.2 Å². The first-order valence-corrected chi connectivity index (χ1v) is 6.72. The number of nitrogens with zero attached hydrogens (tertiary/aromatic N) is 1. The van der Waals surface area contributed by atoms with Gasteiger partial charge in [-0.1, -0.05) is 0 Å². The molecular weight excluding hydrogens is 264 g/mol. The van der Waals surface area contributed by atoms with Crippen molar-refractivity contribution in [2.24, 2.45) is 0 Å². The summed E-state index contributed by atoms with van der Waals surface area (Å²) >= 11 is 0. The van der Waals surface area contributed by atoms with Gasteiger partial charge in [0.2, 0.25) is 5.91 Å². The minimum Gasteiger partial charge on any atom is -0.463 e. The monoisotopic (exact) mass is 284 g/mol. The minimum absolute atomic E-state index is 0.185. The highest BCUT2D eigenvalue weighted by atomic mass is 16.6. The van der Waals surface area contributed by atoms with Gasteiger partial charge in [0.25, 0.3) is 0 Å². The van der Waals surface area contributed by atoms with Crippen molar-refractivity contribution >= 4 is 18.0 Å². The molecule has 2 fully saturated rings. The number of rotatable bonds is 2. The first-order valence-electron chi connectivity index (χ1n) is 6.72. The van der Waals surface area contributed by atoms with Crippen LogP contribution in [-0.2, 0) is 19.1 Å². The normalized spacial score (nSPS) is 25.8. The van der Waals surface area contributed by atoms with Crippen LogP contribution >= 0.6 is 0 Å². The number of carbonyl (C=O) groups excluding carboxylic acids is 3. The van der Waals surface area contributed by atoms with E-state index in [1.165, 1.54) is 4.90 Å². The standard InChI is InChI=1S/C13H20N2O5/c1-13(2,3)20-12(18)15-5-4-9(15)11(17)14-8-6-10(16)19-7-8/h8-9H,4-7H2,1-3H3,(H,14,17)/t8-,9+/m0/s1. The van der Waals surface area contributed by atoms with Gasteiger partial charge in [0, 0.05) is 6.54 Å². The number of hydrogen-bond donors (Lipinski definition) is 1. The van der Waals surface area contributed by atoms with E-state index in [4.69, 9.17) is 9.47 Å². The Morgan fingerprint density at radius 1 is 1.40 bits per heavy atom. The first-order chi connectivity index (χ1) is 9.26. The van der Waals surface area contributed by atoms with E-state index in [2.05, 4.69) is 5.32 Å². The van der Waals surface area contributed by atoms with Crippen LogP contribution in [0.25, 0.3) is 0 Å². The van der Waals surface area contributed by atoms with Gasteiger partial charge in [0.1, 0.15) is 18.2 Å². The van der Waals surface area contributed by atoms with Gasteiger partial charge < -0.3 is 14.8 Å². The fraction of sp³-hybridized carbons (Fsp3) is 0.769. The molecule has 0 bridgehead atoms. The third kappa shape index (κ3) is 3.40. The number of ether oxygens (including phenoxy) is 2. The highest BCUT2D eigenvalue weighted by Crippen LogP contribution is 2.22. The predicted molar refractivity (Wildman–Crippen MR) is 68.9 cm³/mol. The van der Waals surface area contributed by atoms with Crippen LogP contribution in [0.15, 0.2) is 0 Å². The SMILES string of the molecule is CC(C)(C)OC(=O)N1CC[C@@H]1C(=O)N[C@@H]1COC(=O)C1. The van der Waals surface area contributed by atoms with Crippen LogP contribution in [0.1, 0.15) is 33.6 Å². The van der Waals surface area contributed by atoms with Gasteiger partial charge in [-0.3, -0.25) is 14.5 Å². The highest BCUT2D eigenvalue weighted by molar-refractivity contribution is 5.88. The molecule has 0 spiro atoms. The molecule has 7 nitrogen and oxygen atoms in total. The molecule has 1 N–H and O–H groups in total. The van der Waals surface area contributed by atoms with E-state index in [9.17, 15) is 14.4 Å². The fourth-order valence-electron chi connectivity index (χ4n) is 2.10. The number of likely N-dealkylation sites (tertiary alicyclic amines) is 1. The lowest BCUT2D eigenvalue weighted by Gasteiger charge is -2.40. The zero-order valence-corrected chi connectivity index (χ0v) is 12.0. The lowest BCUT2D eigenvalue weighted by atomic mass is 10.0. The van der Waals surface area contributed by atoms with Gasteiger partial charge in [-0.2, -0.15) is 0 Å². The van der Waals surface area contributed by atoms with Gasteiger partial charge in [-0.15, -0.1) is 0 Å². The Bertz CT molecular complexity index is 429. The summed E-state index contributed by atoms with van der Waals surface area (Å²) in [6.45, 7) is 6.04. The zero-order valence-electron chi connectivity index (χ0n) is 12.0. The van der Waals surface area contributed by atoms with Crippen LogP contribution in [0, 0.1) is 0 Å². The molecule has 2 atom stereocenters. The molecular formula is C13H20N2O5. The van der Waals surface area contributed by atoms with Crippen LogP contribution in [0.3, 0.4) is 0 Å². The van der Waals surface area contributed by atoms with E-state index >= 15 is 0 Å². The fourth-order valence-corrected chi connectivity index (χ4v) is 2.10. The summed E-state index contributed by atoms with van der Waals surface area (Å²) < 4.78 is 10.0. The molecule has 20 heavy (non-hydrogen) atoms. The molecule has 0 aliphatic carbocycles. The van der Waals surface area contributed by atoms with Crippen LogP contribution in [0.5, 0.6) is 0 Å². The van der Waals surface area contributed by atoms with E-state index in [1.54, 1.807) is 20.8 Å². The molecule has 2 heterocycles. The second-order valence-corrected chi connectivity index (χ2v) is 6.07. The number of carbonyl (C=O) groups is 3. The van der Waals surface area contributed by atoms with Crippen molar-refractivity contribution in [1.29, 1.82) is 0 Å². The molecule has 112 valence electrons. The number of cyclic esters (lactones) is 1. The minimum atomic E-state index is -0.584. The largest absolute Gasteiger partial charge is 0.463 e. The van der Waals surface area contributed by atoms with Crippen molar-refractivity contribution in [3.05, 3.63) is 0 Å². The highest BCUT2D eigenvalue weighted by Gasteiger charge is 2.41. The quantitative estimate of drug-likeness (QED) is 0.743. The Morgan fingerprint density at radius 3 is 2.55 bits per heavy atom. The smallest absolute Gasteiger partial charge is 0.410 e. The van der Waals surface area contributed by atoms with E-state index in [-0.39, 0.29) is 30.9 Å². The summed E-state index contributed by atoms with van der Waals surface area (Å²) in [6.07, 6.45) is 0.306. The van der Waals surface area contributed by atoms with E-state index in [1.807, 2.05) is 0 Å². The molecule has 0 radical (unpaired) electrons. The van der Waals surface area contributed by atoms with Crippen molar-refractivity contribution in [1.82, 2.24) is 10.2 Å². The maximum atomic E-state index is 12.0. The van der Waals surface area contributed by atoms with Crippen molar-refractivity contribution in [2.75, 3.05) is 13.2 Å². The Hall–Kier alpha value is -1.79. The Labute approximate surface area is 117 Å². The van der Waals surface area contributed by atoms with Crippen molar-refractivity contribution in [2.45, 2.75) is 51.3 Å². The van der Waals surface area contributed by atoms with Crippen LogP contribution in [-0.4, -0.2) is 53.7 Å². The topological polar surface area (TPSA) is 84.9 Å². The average molecular weight is 284 g/mol. The maximum Gasteiger partial charge on any atom is 0.410 e. The lowest BCUT2D eigenvalue weighted by molar-refractivity contribution is -0.138. The number of amides is 2. The predicted octanol–water partition coefficient (Wildman–Crippen LogP) is 0.427. The number of nitrogens with one attached hydrogen (secondary N) is 1. The third-order valence-electron chi connectivity index (χ3n) is 3.16. The molecule has 0 aromatic rings. The van der Waals surface area contributed by atoms with Crippen LogP contribution < -0.4 is 5.32 Å². The number of esters is 1. The van der Waals surface area contributed by atoms with Crippen molar-refractivity contribution in [3.8, 4) is 0 Å². The molecule has 7 heteroatoms. The van der Waals surface area contributed by atoms with E-state index in [0.29, 0.717) is 13.0 Å². The van der Waals surface area contributed by atoms with Crippen molar-refractivity contribution < 1.29 is 23.9 Å².